The number of rotatable bonds is 10. The van der Waals surface area contributed by atoms with Crippen molar-refractivity contribution in [3.63, 3.8) is 0 Å². The fourth-order valence-electron chi connectivity index (χ4n) is 2.86. The first kappa shape index (κ1) is 23.1. The molecule has 3 rings (SSSR count). The van der Waals surface area contributed by atoms with Gasteiger partial charge in [0.05, 0.1) is 6.61 Å². The Kier molecular flexibility index (Phi) is 8.10. The van der Waals surface area contributed by atoms with Crippen molar-refractivity contribution >= 4 is 17.9 Å². The monoisotopic (exact) mass is 440 g/mol. The van der Waals surface area contributed by atoms with E-state index in [0.29, 0.717) is 47.3 Å². The average Bonchev–Trinajstić information content (AvgIpc) is 3.25. The summed E-state index contributed by atoms with van der Waals surface area (Å²) in [5, 5.41) is 14.3. The van der Waals surface area contributed by atoms with Crippen LogP contribution in [0.5, 0.6) is 17.2 Å². The molecule has 0 saturated carbocycles. The van der Waals surface area contributed by atoms with E-state index in [1.165, 1.54) is 0 Å². The lowest BCUT2D eigenvalue weighted by atomic mass is 10.1. The number of carbonyl (C=O) groups excluding carboxylic acids is 2. The number of carbonyl (C=O) groups is 2. The van der Waals surface area contributed by atoms with Crippen molar-refractivity contribution in [2.45, 2.75) is 20.3 Å². The fourth-order valence-corrected chi connectivity index (χ4v) is 2.86. The Hall–Kier alpha value is -3.52. The molecular formula is C24H28N2O6. The van der Waals surface area contributed by atoms with Gasteiger partial charge in [-0.05, 0) is 60.4 Å². The first-order valence-corrected chi connectivity index (χ1v) is 10.5. The highest BCUT2D eigenvalue weighted by atomic mass is 16.7. The molecule has 0 bridgehead atoms. The van der Waals surface area contributed by atoms with Gasteiger partial charge in [-0.15, -0.1) is 0 Å². The molecule has 32 heavy (non-hydrogen) atoms. The Balaban J connectivity index is 1.75. The van der Waals surface area contributed by atoms with Crippen molar-refractivity contribution in [1.29, 1.82) is 0 Å². The maximum absolute atomic E-state index is 12.8. The average molecular weight is 440 g/mol. The summed E-state index contributed by atoms with van der Waals surface area (Å²) in [5.41, 5.74) is 1.13. The third-order valence-corrected chi connectivity index (χ3v) is 4.52. The van der Waals surface area contributed by atoms with Crippen LogP contribution in [-0.4, -0.2) is 43.5 Å². The molecule has 0 saturated heterocycles. The number of hydrogen-bond donors (Lipinski definition) is 3. The Morgan fingerprint density at radius 3 is 2.59 bits per heavy atom. The predicted octanol–water partition coefficient (Wildman–Crippen LogP) is 2.72. The highest BCUT2D eigenvalue weighted by Crippen LogP contribution is 2.33. The zero-order valence-electron chi connectivity index (χ0n) is 18.2. The van der Waals surface area contributed by atoms with Crippen molar-refractivity contribution in [2.24, 2.45) is 5.92 Å². The quantitative estimate of drug-likeness (QED) is 0.388. The van der Waals surface area contributed by atoms with E-state index in [1.807, 2.05) is 0 Å². The highest BCUT2D eigenvalue weighted by molar-refractivity contribution is 6.05. The number of benzene rings is 2. The summed E-state index contributed by atoms with van der Waals surface area (Å²) in [6, 6.07) is 12.0. The summed E-state index contributed by atoms with van der Waals surface area (Å²) in [6.45, 7) is 5.08. The molecule has 3 N–H and O–H groups in total. The lowest BCUT2D eigenvalue weighted by Gasteiger charge is -2.12. The fraction of sp³-hybridized carbons (Fsp3) is 0.333. The predicted molar refractivity (Wildman–Crippen MR) is 119 cm³/mol. The Morgan fingerprint density at radius 2 is 1.88 bits per heavy atom. The molecule has 0 fully saturated rings. The Bertz CT molecular complexity index is 969. The lowest BCUT2D eigenvalue weighted by molar-refractivity contribution is -0.117. The standard InChI is InChI=1S/C24H28N2O6/c1-16(2)14-30-19-7-5-18(6-8-19)23(28)26-20(24(29)25-10-3-11-27)12-17-4-9-21-22(13-17)32-15-31-21/h4-9,12-13,16,27H,3,10-11,14-15H2,1-2H3,(H,25,29)(H,26,28)/b20-12-. The molecule has 170 valence electrons. The van der Waals surface area contributed by atoms with Crippen LogP contribution in [-0.2, 0) is 4.79 Å². The summed E-state index contributed by atoms with van der Waals surface area (Å²) >= 11 is 0. The number of nitrogens with one attached hydrogen (secondary N) is 2. The molecule has 1 aliphatic rings. The van der Waals surface area contributed by atoms with Crippen LogP contribution in [0.3, 0.4) is 0 Å². The molecule has 1 aliphatic heterocycles. The van der Waals surface area contributed by atoms with Gasteiger partial charge >= 0.3 is 0 Å². The van der Waals surface area contributed by atoms with Crippen LogP contribution < -0.4 is 24.8 Å². The highest BCUT2D eigenvalue weighted by Gasteiger charge is 2.17. The number of aliphatic hydroxyl groups is 1. The van der Waals surface area contributed by atoms with Crippen LogP contribution in [0, 0.1) is 5.92 Å². The largest absolute Gasteiger partial charge is 0.493 e. The first-order valence-electron chi connectivity index (χ1n) is 10.5. The van der Waals surface area contributed by atoms with Gasteiger partial charge in [-0.3, -0.25) is 9.59 Å². The Morgan fingerprint density at radius 1 is 1.12 bits per heavy atom. The molecule has 0 aliphatic carbocycles. The third-order valence-electron chi connectivity index (χ3n) is 4.52. The minimum Gasteiger partial charge on any atom is -0.493 e. The van der Waals surface area contributed by atoms with Gasteiger partial charge in [-0.2, -0.15) is 0 Å². The molecule has 2 aromatic carbocycles. The Labute approximate surface area is 187 Å². The van der Waals surface area contributed by atoms with Gasteiger partial charge in [0.2, 0.25) is 6.79 Å². The molecule has 0 unspecified atom stereocenters. The van der Waals surface area contributed by atoms with E-state index < -0.39 is 11.8 Å². The smallest absolute Gasteiger partial charge is 0.267 e. The van der Waals surface area contributed by atoms with Crippen molar-refractivity contribution in [2.75, 3.05) is 26.6 Å². The number of hydrogen-bond acceptors (Lipinski definition) is 6. The minimum atomic E-state index is -0.457. The van der Waals surface area contributed by atoms with E-state index >= 15 is 0 Å². The summed E-state index contributed by atoms with van der Waals surface area (Å²) in [5.74, 6) is 1.38. The minimum absolute atomic E-state index is 0.0426. The first-order chi connectivity index (χ1) is 15.5. The zero-order chi connectivity index (χ0) is 22.9. The number of amides is 2. The van der Waals surface area contributed by atoms with Crippen molar-refractivity contribution in [3.05, 3.63) is 59.3 Å². The van der Waals surface area contributed by atoms with Gasteiger partial charge in [-0.25, -0.2) is 0 Å². The second kappa shape index (κ2) is 11.2. The van der Waals surface area contributed by atoms with Crippen LogP contribution in [0.4, 0.5) is 0 Å². The molecule has 0 radical (unpaired) electrons. The van der Waals surface area contributed by atoms with Crippen LogP contribution >= 0.6 is 0 Å². The summed E-state index contributed by atoms with van der Waals surface area (Å²) in [6.07, 6.45) is 1.98. The second-order valence-corrected chi connectivity index (χ2v) is 7.69. The number of ether oxygens (including phenoxy) is 3. The van der Waals surface area contributed by atoms with Gasteiger partial charge in [0.15, 0.2) is 11.5 Å². The van der Waals surface area contributed by atoms with Gasteiger partial charge in [0.25, 0.3) is 11.8 Å². The lowest BCUT2D eigenvalue weighted by Crippen LogP contribution is -2.35. The van der Waals surface area contributed by atoms with Crippen LogP contribution in [0.2, 0.25) is 0 Å². The maximum Gasteiger partial charge on any atom is 0.267 e. The SMILES string of the molecule is CC(C)COc1ccc(C(=O)N/C(=C\c2ccc3c(c2)OCO3)C(=O)NCCCO)cc1. The number of fused-ring (bicyclic) bond motifs is 1. The van der Waals surface area contributed by atoms with Crippen LogP contribution in [0.1, 0.15) is 36.2 Å². The van der Waals surface area contributed by atoms with Crippen molar-refractivity contribution in [3.8, 4) is 17.2 Å². The van der Waals surface area contributed by atoms with Crippen LogP contribution in [0.25, 0.3) is 6.08 Å². The second-order valence-electron chi connectivity index (χ2n) is 7.69. The molecular weight excluding hydrogens is 412 g/mol. The molecule has 1 heterocycles. The van der Waals surface area contributed by atoms with Gasteiger partial charge < -0.3 is 30.0 Å². The van der Waals surface area contributed by atoms with E-state index in [2.05, 4.69) is 24.5 Å². The van der Waals surface area contributed by atoms with Gasteiger partial charge in [0.1, 0.15) is 11.4 Å². The molecule has 0 spiro atoms. The van der Waals surface area contributed by atoms with E-state index in [4.69, 9.17) is 19.3 Å². The van der Waals surface area contributed by atoms with E-state index in [9.17, 15) is 9.59 Å². The normalized spacial score (nSPS) is 12.6. The van der Waals surface area contributed by atoms with Crippen molar-refractivity contribution < 1.29 is 28.9 Å². The van der Waals surface area contributed by atoms with Gasteiger partial charge in [-0.1, -0.05) is 19.9 Å². The maximum atomic E-state index is 12.8. The molecule has 2 aromatic rings. The third kappa shape index (κ3) is 6.49. The summed E-state index contributed by atoms with van der Waals surface area (Å²) in [4.78, 5) is 25.5. The van der Waals surface area contributed by atoms with Gasteiger partial charge in [0, 0.05) is 18.7 Å². The van der Waals surface area contributed by atoms with E-state index in [-0.39, 0.29) is 25.6 Å². The van der Waals surface area contributed by atoms with Crippen molar-refractivity contribution in [1.82, 2.24) is 10.6 Å². The summed E-state index contributed by atoms with van der Waals surface area (Å²) in [7, 11) is 0. The topological polar surface area (TPSA) is 106 Å². The molecule has 8 nitrogen and oxygen atoms in total. The molecule has 0 aromatic heterocycles. The molecule has 2 amide bonds. The van der Waals surface area contributed by atoms with E-state index in [1.54, 1.807) is 48.5 Å². The number of aliphatic hydroxyl groups excluding tert-OH is 1. The van der Waals surface area contributed by atoms with E-state index in [0.717, 1.165) is 0 Å². The molecule has 0 atom stereocenters. The molecule has 8 heteroatoms. The van der Waals surface area contributed by atoms with Crippen LogP contribution in [0.15, 0.2) is 48.2 Å². The summed E-state index contributed by atoms with van der Waals surface area (Å²) < 4.78 is 16.3. The zero-order valence-corrected chi connectivity index (χ0v) is 18.2.